The number of amides is 1. The predicted molar refractivity (Wildman–Crippen MR) is 64.5 cm³/mol. The van der Waals surface area contributed by atoms with Crippen LogP contribution in [0.3, 0.4) is 0 Å². The highest BCUT2D eigenvalue weighted by Gasteiger charge is 2.32. The third kappa shape index (κ3) is 2.28. The zero-order valence-electron chi connectivity index (χ0n) is 9.49. The molecule has 2 atom stereocenters. The summed E-state index contributed by atoms with van der Waals surface area (Å²) in [6.45, 7) is 2.45. The lowest BCUT2D eigenvalue weighted by Gasteiger charge is -2.23. The van der Waals surface area contributed by atoms with Crippen molar-refractivity contribution in [2.24, 2.45) is 5.73 Å². The Balaban J connectivity index is 2.26. The molecule has 1 amide bonds. The second-order valence-corrected chi connectivity index (χ2v) is 4.75. The summed E-state index contributed by atoms with van der Waals surface area (Å²) in [5.74, 6) is -0.908. The van der Waals surface area contributed by atoms with Gasteiger partial charge in [0.2, 0.25) is 0 Å². The maximum atomic E-state index is 13.6. The van der Waals surface area contributed by atoms with E-state index in [1.807, 2.05) is 6.92 Å². The van der Waals surface area contributed by atoms with Crippen molar-refractivity contribution in [3.8, 4) is 0 Å². The highest BCUT2D eigenvalue weighted by Crippen LogP contribution is 2.22. The van der Waals surface area contributed by atoms with Crippen LogP contribution < -0.4 is 5.73 Å². The molecule has 1 aromatic rings. The fraction of sp³-hybridized carbons (Fsp3) is 0.417. The fourth-order valence-corrected chi connectivity index (χ4v) is 2.23. The maximum absolute atomic E-state index is 13.6. The van der Waals surface area contributed by atoms with Crippen LogP contribution in [0.2, 0.25) is 5.02 Å². The summed E-state index contributed by atoms with van der Waals surface area (Å²) in [6.07, 6.45) is 0.752. The molecule has 0 aromatic heterocycles. The third-order valence-corrected chi connectivity index (χ3v) is 3.47. The van der Waals surface area contributed by atoms with Crippen LogP contribution in [-0.2, 0) is 0 Å². The number of carbonyl (C=O) groups excluding carboxylic acids is 1. The van der Waals surface area contributed by atoms with Crippen molar-refractivity contribution in [3.63, 3.8) is 0 Å². The van der Waals surface area contributed by atoms with Gasteiger partial charge in [-0.2, -0.15) is 0 Å². The molecule has 0 spiro atoms. The average molecular weight is 257 g/mol. The van der Waals surface area contributed by atoms with Gasteiger partial charge in [-0.3, -0.25) is 4.79 Å². The van der Waals surface area contributed by atoms with Crippen LogP contribution >= 0.6 is 11.6 Å². The molecule has 92 valence electrons. The summed E-state index contributed by atoms with van der Waals surface area (Å²) in [5.41, 5.74) is 5.89. The minimum Gasteiger partial charge on any atom is -0.334 e. The van der Waals surface area contributed by atoms with Crippen molar-refractivity contribution < 1.29 is 9.18 Å². The van der Waals surface area contributed by atoms with E-state index in [1.54, 1.807) is 4.90 Å². The maximum Gasteiger partial charge on any atom is 0.257 e. The van der Waals surface area contributed by atoms with E-state index in [9.17, 15) is 9.18 Å². The number of halogens is 2. The molecule has 17 heavy (non-hydrogen) atoms. The van der Waals surface area contributed by atoms with Gasteiger partial charge >= 0.3 is 0 Å². The highest BCUT2D eigenvalue weighted by atomic mass is 35.5. The van der Waals surface area contributed by atoms with Crippen LogP contribution in [0.4, 0.5) is 4.39 Å². The van der Waals surface area contributed by atoms with Crippen LogP contribution in [0, 0.1) is 5.82 Å². The molecule has 1 aliphatic heterocycles. The SMILES string of the molecule is CC1C(N)CCN1C(=O)c1ccc(Cl)cc1F. The number of nitrogens with two attached hydrogens (primary N) is 1. The van der Waals surface area contributed by atoms with E-state index in [2.05, 4.69) is 0 Å². The molecule has 2 unspecified atom stereocenters. The van der Waals surface area contributed by atoms with E-state index in [-0.39, 0.29) is 28.6 Å². The van der Waals surface area contributed by atoms with Crippen molar-refractivity contribution in [1.29, 1.82) is 0 Å². The number of likely N-dealkylation sites (tertiary alicyclic amines) is 1. The van der Waals surface area contributed by atoms with Crippen LogP contribution in [0.1, 0.15) is 23.7 Å². The average Bonchev–Trinajstić information content (AvgIpc) is 2.59. The lowest BCUT2D eigenvalue weighted by Crippen LogP contribution is -2.40. The normalized spacial score (nSPS) is 24.1. The molecule has 1 heterocycles. The monoisotopic (exact) mass is 256 g/mol. The van der Waals surface area contributed by atoms with E-state index in [4.69, 9.17) is 17.3 Å². The molecule has 2 rings (SSSR count). The number of carbonyl (C=O) groups is 1. The van der Waals surface area contributed by atoms with Crippen molar-refractivity contribution >= 4 is 17.5 Å². The molecule has 5 heteroatoms. The Morgan fingerprint density at radius 1 is 1.59 bits per heavy atom. The zero-order chi connectivity index (χ0) is 12.6. The second kappa shape index (κ2) is 4.63. The molecule has 3 nitrogen and oxygen atoms in total. The molecule has 1 saturated heterocycles. The van der Waals surface area contributed by atoms with E-state index in [1.165, 1.54) is 12.1 Å². The Labute approximate surface area is 104 Å². The van der Waals surface area contributed by atoms with Gasteiger partial charge in [0.1, 0.15) is 5.82 Å². The summed E-state index contributed by atoms with van der Waals surface area (Å²) >= 11 is 5.65. The molecule has 0 bridgehead atoms. The van der Waals surface area contributed by atoms with Gasteiger partial charge in [-0.1, -0.05) is 11.6 Å². The number of benzene rings is 1. The number of hydrogen-bond acceptors (Lipinski definition) is 2. The van der Waals surface area contributed by atoms with Crippen molar-refractivity contribution in [2.75, 3.05) is 6.54 Å². The molecule has 2 N–H and O–H groups in total. The molecular weight excluding hydrogens is 243 g/mol. The van der Waals surface area contributed by atoms with Gasteiger partial charge in [-0.05, 0) is 31.5 Å². The van der Waals surface area contributed by atoms with Crippen molar-refractivity contribution in [3.05, 3.63) is 34.6 Å². The Kier molecular flexibility index (Phi) is 3.35. The quantitative estimate of drug-likeness (QED) is 0.836. The van der Waals surface area contributed by atoms with E-state index in [0.717, 1.165) is 12.5 Å². The van der Waals surface area contributed by atoms with E-state index < -0.39 is 5.82 Å². The van der Waals surface area contributed by atoms with Crippen LogP contribution in [-0.4, -0.2) is 29.4 Å². The van der Waals surface area contributed by atoms with Crippen LogP contribution in [0.25, 0.3) is 0 Å². The van der Waals surface area contributed by atoms with Gasteiger partial charge < -0.3 is 10.6 Å². The summed E-state index contributed by atoms with van der Waals surface area (Å²) in [5, 5.41) is 0.283. The largest absolute Gasteiger partial charge is 0.334 e. The Morgan fingerprint density at radius 3 is 2.82 bits per heavy atom. The molecule has 1 aliphatic rings. The van der Waals surface area contributed by atoms with Crippen LogP contribution in [0.5, 0.6) is 0 Å². The molecular formula is C12H14ClFN2O. The van der Waals surface area contributed by atoms with Gasteiger partial charge in [0.05, 0.1) is 5.56 Å². The van der Waals surface area contributed by atoms with Crippen LogP contribution in [0.15, 0.2) is 18.2 Å². The Morgan fingerprint density at radius 2 is 2.29 bits per heavy atom. The lowest BCUT2D eigenvalue weighted by atomic mass is 10.1. The number of nitrogens with zero attached hydrogens (tertiary/aromatic N) is 1. The van der Waals surface area contributed by atoms with Gasteiger partial charge in [0.25, 0.3) is 5.91 Å². The fourth-order valence-electron chi connectivity index (χ4n) is 2.07. The molecule has 0 radical (unpaired) electrons. The smallest absolute Gasteiger partial charge is 0.257 e. The minimum absolute atomic E-state index is 0.0330. The van der Waals surface area contributed by atoms with E-state index in [0.29, 0.717) is 6.54 Å². The molecule has 0 aliphatic carbocycles. The standard InChI is InChI=1S/C12H14ClFN2O/c1-7-11(15)4-5-16(7)12(17)9-3-2-8(13)6-10(9)14/h2-3,6-7,11H,4-5,15H2,1H3. The Bertz CT molecular complexity index is 452. The topological polar surface area (TPSA) is 46.3 Å². The Hall–Kier alpha value is -1.13. The van der Waals surface area contributed by atoms with Crippen molar-refractivity contribution in [1.82, 2.24) is 4.90 Å². The van der Waals surface area contributed by atoms with Gasteiger partial charge in [0, 0.05) is 23.7 Å². The predicted octanol–water partition coefficient (Wildman–Crippen LogP) is 2.04. The minimum atomic E-state index is -0.588. The first kappa shape index (κ1) is 12.3. The molecule has 0 saturated carbocycles. The van der Waals surface area contributed by atoms with Crippen molar-refractivity contribution in [2.45, 2.75) is 25.4 Å². The van der Waals surface area contributed by atoms with E-state index >= 15 is 0 Å². The summed E-state index contributed by atoms with van der Waals surface area (Å²) < 4.78 is 13.6. The summed E-state index contributed by atoms with van der Waals surface area (Å²) in [4.78, 5) is 13.7. The highest BCUT2D eigenvalue weighted by molar-refractivity contribution is 6.30. The summed E-state index contributed by atoms with van der Waals surface area (Å²) in [6, 6.07) is 3.98. The number of hydrogen-bond donors (Lipinski definition) is 1. The zero-order valence-corrected chi connectivity index (χ0v) is 10.2. The molecule has 1 aromatic carbocycles. The molecule has 1 fully saturated rings. The first-order valence-corrected chi connectivity index (χ1v) is 5.90. The number of rotatable bonds is 1. The summed E-state index contributed by atoms with van der Waals surface area (Å²) in [7, 11) is 0. The third-order valence-electron chi connectivity index (χ3n) is 3.24. The van der Waals surface area contributed by atoms with Gasteiger partial charge in [-0.25, -0.2) is 4.39 Å². The first-order valence-electron chi connectivity index (χ1n) is 5.52. The second-order valence-electron chi connectivity index (χ2n) is 4.32. The first-order chi connectivity index (χ1) is 8.00. The lowest BCUT2D eigenvalue weighted by molar-refractivity contribution is 0.0738. The van der Waals surface area contributed by atoms with Gasteiger partial charge in [0.15, 0.2) is 0 Å². The van der Waals surface area contributed by atoms with Gasteiger partial charge in [-0.15, -0.1) is 0 Å².